The van der Waals surface area contributed by atoms with E-state index in [4.69, 9.17) is 12.2 Å². The number of hydrogen-bond donors (Lipinski definition) is 1. The normalized spacial score (nSPS) is 11.5. The van der Waals surface area contributed by atoms with Crippen LogP contribution in [-0.2, 0) is 27.1 Å². The van der Waals surface area contributed by atoms with Crippen molar-refractivity contribution >= 4 is 23.4 Å². The molecule has 0 radical (unpaired) electrons. The topological polar surface area (TPSA) is 69.2 Å². The lowest BCUT2D eigenvalue weighted by molar-refractivity contribution is 0.677. The molecule has 100 valence electrons. The molecule has 8 heteroatoms. The molecule has 0 atom stereocenters. The van der Waals surface area contributed by atoms with Gasteiger partial charge >= 0.3 is 0 Å². The average molecular weight is 277 g/mol. The van der Waals surface area contributed by atoms with Crippen LogP contribution in [0.25, 0.3) is 11.2 Å². The minimum Gasteiger partial charge on any atom is -0.328 e. The fourth-order valence-corrected chi connectivity index (χ4v) is 2.52. The zero-order chi connectivity index (χ0) is 13.6. The number of hydrogen-bond acceptors (Lipinski definition) is 4. The monoisotopic (exact) mass is 277 g/mol. The molecule has 3 aromatic heterocycles. The molecule has 0 saturated heterocycles. The van der Waals surface area contributed by atoms with E-state index in [2.05, 4.69) is 27.1 Å². The molecule has 0 amide bonds. The van der Waals surface area contributed by atoms with Crippen LogP contribution in [0, 0.1) is 4.77 Å². The van der Waals surface area contributed by atoms with E-state index < -0.39 is 0 Å². The molecule has 7 nitrogen and oxygen atoms in total. The van der Waals surface area contributed by atoms with Crippen molar-refractivity contribution in [3.8, 4) is 0 Å². The fraction of sp³-hybridized carbons (Fsp3) is 0.455. The van der Waals surface area contributed by atoms with Crippen molar-refractivity contribution in [3.63, 3.8) is 0 Å². The van der Waals surface area contributed by atoms with Crippen molar-refractivity contribution in [2.45, 2.75) is 19.9 Å². The predicted octanol–water partition coefficient (Wildman–Crippen LogP) is 1.17. The van der Waals surface area contributed by atoms with Crippen LogP contribution in [0.2, 0.25) is 0 Å². The van der Waals surface area contributed by atoms with Gasteiger partial charge in [0.15, 0.2) is 16.2 Å². The minimum absolute atomic E-state index is 0.544. The molecule has 3 aromatic rings. The summed E-state index contributed by atoms with van der Waals surface area (Å²) in [5, 5.41) is 8.77. The Morgan fingerprint density at radius 1 is 1.32 bits per heavy atom. The van der Waals surface area contributed by atoms with Gasteiger partial charge in [-0.2, -0.15) is 10.2 Å². The molecule has 0 aliphatic carbocycles. The summed E-state index contributed by atoms with van der Waals surface area (Å²) in [6.45, 7) is 2.62. The molecule has 0 bridgehead atoms. The molecule has 0 aliphatic rings. The maximum absolute atomic E-state index is 5.38. The second-order valence-corrected chi connectivity index (χ2v) is 4.86. The number of aromatic nitrogens is 7. The molecule has 3 heterocycles. The molecule has 3 rings (SSSR count). The highest BCUT2D eigenvalue weighted by atomic mass is 32.1. The Morgan fingerprint density at radius 3 is 2.74 bits per heavy atom. The lowest BCUT2D eigenvalue weighted by atomic mass is 10.3. The molecule has 0 saturated carbocycles. The number of imidazole rings is 1. The standard InChI is InChI=1S/C11H15N7S/c1-4-7-9-10(17(3)14-7)18(11(19)13-9)5-8-12-6-16(2)15-8/h6H,4-5H2,1-3H3,(H,13,19). The summed E-state index contributed by atoms with van der Waals surface area (Å²) in [6.07, 6.45) is 2.55. The zero-order valence-electron chi connectivity index (χ0n) is 11.1. The first kappa shape index (κ1) is 12.1. The first-order chi connectivity index (χ1) is 9.10. The summed E-state index contributed by atoms with van der Waals surface area (Å²) < 4.78 is 6.18. The summed E-state index contributed by atoms with van der Waals surface area (Å²) in [4.78, 5) is 7.46. The highest BCUT2D eigenvalue weighted by molar-refractivity contribution is 7.71. The Labute approximate surface area is 114 Å². The van der Waals surface area contributed by atoms with Gasteiger partial charge in [-0.1, -0.05) is 6.92 Å². The molecule has 0 unspecified atom stereocenters. The Bertz CT molecular complexity index is 788. The van der Waals surface area contributed by atoms with Crippen LogP contribution in [0.5, 0.6) is 0 Å². The maximum Gasteiger partial charge on any atom is 0.179 e. The van der Waals surface area contributed by atoms with Gasteiger partial charge in [-0.3, -0.25) is 13.9 Å². The highest BCUT2D eigenvalue weighted by Gasteiger charge is 2.15. The van der Waals surface area contributed by atoms with Crippen LogP contribution >= 0.6 is 12.2 Å². The van der Waals surface area contributed by atoms with E-state index >= 15 is 0 Å². The Kier molecular flexibility index (Phi) is 2.74. The van der Waals surface area contributed by atoms with E-state index in [9.17, 15) is 0 Å². The largest absolute Gasteiger partial charge is 0.328 e. The molecule has 19 heavy (non-hydrogen) atoms. The maximum atomic E-state index is 5.38. The number of nitrogens with one attached hydrogen (secondary N) is 1. The van der Waals surface area contributed by atoms with Crippen LogP contribution < -0.4 is 0 Å². The summed E-state index contributed by atoms with van der Waals surface area (Å²) >= 11 is 5.38. The van der Waals surface area contributed by atoms with Crippen LogP contribution in [0.4, 0.5) is 0 Å². The zero-order valence-corrected chi connectivity index (χ0v) is 11.9. The number of aryl methyl sites for hydroxylation is 3. The van der Waals surface area contributed by atoms with Gasteiger partial charge in [-0.05, 0) is 18.6 Å². The lowest BCUT2D eigenvalue weighted by Gasteiger charge is -2.01. The summed E-state index contributed by atoms with van der Waals surface area (Å²) in [7, 11) is 3.77. The summed E-state index contributed by atoms with van der Waals surface area (Å²) in [5.41, 5.74) is 3.01. The van der Waals surface area contributed by atoms with Crippen LogP contribution in [0.3, 0.4) is 0 Å². The molecule has 0 aromatic carbocycles. The van der Waals surface area contributed by atoms with Gasteiger partial charge in [-0.25, -0.2) is 4.98 Å². The Morgan fingerprint density at radius 2 is 2.11 bits per heavy atom. The van der Waals surface area contributed by atoms with E-state index in [0.29, 0.717) is 11.3 Å². The fourth-order valence-electron chi connectivity index (χ4n) is 2.27. The molecule has 1 N–H and O–H groups in total. The number of aromatic amines is 1. The van der Waals surface area contributed by atoms with Crippen molar-refractivity contribution < 1.29 is 0 Å². The second kappa shape index (κ2) is 4.30. The third-order valence-electron chi connectivity index (χ3n) is 3.10. The third-order valence-corrected chi connectivity index (χ3v) is 3.43. The quantitative estimate of drug-likeness (QED) is 0.730. The first-order valence-corrected chi connectivity index (χ1v) is 6.50. The second-order valence-electron chi connectivity index (χ2n) is 4.47. The van der Waals surface area contributed by atoms with E-state index in [1.807, 2.05) is 23.3 Å². The van der Waals surface area contributed by atoms with Gasteiger partial charge < -0.3 is 4.98 Å². The van der Waals surface area contributed by atoms with Crippen molar-refractivity contribution in [3.05, 3.63) is 22.6 Å². The van der Waals surface area contributed by atoms with Crippen molar-refractivity contribution in [1.29, 1.82) is 0 Å². The molecular formula is C11H15N7S. The third kappa shape index (κ3) is 1.88. The Hall–Kier alpha value is -1.96. The predicted molar refractivity (Wildman–Crippen MR) is 73.4 cm³/mol. The first-order valence-electron chi connectivity index (χ1n) is 6.09. The van der Waals surface area contributed by atoms with Gasteiger partial charge in [-0.15, -0.1) is 0 Å². The summed E-state index contributed by atoms with van der Waals surface area (Å²) in [5.74, 6) is 0.735. The van der Waals surface area contributed by atoms with Crippen molar-refractivity contribution in [2.75, 3.05) is 0 Å². The lowest BCUT2D eigenvalue weighted by Crippen LogP contribution is -2.06. The van der Waals surface area contributed by atoms with Crippen LogP contribution in [-0.4, -0.2) is 34.1 Å². The van der Waals surface area contributed by atoms with E-state index in [0.717, 1.165) is 29.1 Å². The Balaban J connectivity index is 2.15. The van der Waals surface area contributed by atoms with Gasteiger partial charge in [0.2, 0.25) is 0 Å². The smallest absolute Gasteiger partial charge is 0.179 e. The number of H-pyrrole nitrogens is 1. The molecule has 0 fully saturated rings. The van der Waals surface area contributed by atoms with E-state index in [1.54, 1.807) is 11.0 Å². The van der Waals surface area contributed by atoms with E-state index in [-0.39, 0.29) is 0 Å². The van der Waals surface area contributed by atoms with Crippen LogP contribution in [0.1, 0.15) is 18.4 Å². The summed E-state index contributed by atoms with van der Waals surface area (Å²) in [6, 6.07) is 0. The van der Waals surface area contributed by atoms with Crippen LogP contribution in [0.15, 0.2) is 6.33 Å². The number of nitrogens with zero attached hydrogens (tertiary/aromatic N) is 6. The van der Waals surface area contributed by atoms with Crippen molar-refractivity contribution in [2.24, 2.45) is 14.1 Å². The SMILES string of the molecule is CCc1nn(C)c2c1[nH]c(=S)n2Cc1ncn(C)n1. The molecule has 0 aliphatic heterocycles. The number of rotatable bonds is 3. The molecular weight excluding hydrogens is 262 g/mol. The highest BCUT2D eigenvalue weighted by Crippen LogP contribution is 2.18. The minimum atomic E-state index is 0.544. The van der Waals surface area contributed by atoms with Gasteiger partial charge in [0, 0.05) is 14.1 Å². The van der Waals surface area contributed by atoms with E-state index in [1.165, 1.54) is 0 Å². The van der Waals surface area contributed by atoms with Gasteiger partial charge in [0.1, 0.15) is 11.8 Å². The molecule has 0 spiro atoms. The average Bonchev–Trinajstić information content (AvgIpc) is 3.00. The number of fused-ring (bicyclic) bond motifs is 1. The van der Waals surface area contributed by atoms with Crippen molar-refractivity contribution in [1.82, 2.24) is 34.1 Å². The van der Waals surface area contributed by atoms with Gasteiger partial charge in [0.25, 0.3) is 0 Å². The van der Waals surface area contributed by atoms with Gasteiger partial charge in [0.05, 0.1) is 12.2 Å².